The minimum absolute atomic E-state index is 0.00154. The minimum atomic E-state index is -1.06. The van der Waals surface area contributed by atoms with E-state index in [1.165, 1.54) is 32.8 Å². The van der Waals surface area contributed by atoms with E-state index in [-0.39, 0.29) is 37.6 Å². The third-order valence-electron chi connectivity index (χ3n) is 9.31. The maximum atomic E-state index is 14.0. The number of aliphatic hydroxyl groups is 3. The minimum Gasteiger partial charge on any atom is -0.493 e. The maximum Gasteiger partial charge on any atom is 0.247 e. The summed E-state index contributed by atoms with van der Waals surface area (Å²) < 4.78 is 11.9. The van der Waals surface area contributed by atoms with Crippen molar-refractivity contribution in [1.82, 2.24) is 10.2 Å². The number of ether oxygens (including phenoxy) is 2. The van der Waals surface area contributed by atoms with Gasteiger partial charge >= 0.3 is 0 Å². The number of carbonyl (C=O) groups is 2. The quantitative estimate of drug-likeness (QED) is 0.349. The van der Waals surface area contributed by atoms with Gasteiger partial charge in [0.15, 0.2) is 11.5 Å². The Morgan fingerprint density at radius 1 is 1.07 bits per heavy atom. The van der Waals surface area contributed by atoms with Gasteiger partial charge in [-0.1, -0.05) is 44.9 Å². The third-order valence-corrected chi connectivity index (χ3v) is 9.31. The predicted octanol–water partition coefficient (Wildman–Crippen LogP) is 2.94. The molecule has 1 aliphatic heterocycles. The standard InChI is InChI=1S/C31H44N2O7/c1-39-25-16-20(18-35)15-22-27-23(31(38)32-13-14-34)17-24(28(37)30(27)40-29(22)25)33(21-9-3-2-4-10-21)26(36)12-11-19-7-5-6-8-19/h15-17,19,21,24,27-28,30,34-35,37H,2-14,18H2,1H3,(H,32,38). The van der Waals surface area contributed by atoms with E-state index in [1.54, 1.807) is 18.2 Å². The van der Waals surface area contributed by atoms with Crippen molar-refractivity contribution < 1.29 is 34.4 Å². The van der Waals surface area contributed by atoms with Gasteiger partial charge in [0.25, 0.3) is 0 Å². The summed E-state index contributed by atoms with van der Waals surface area (Å²) in [5, 5.41) is 33.9. The van der Waals surface area contributed by atoms with Crippen LogP contribution in [0.4, 0.5) is 0 Å². The van der Waals surface area contributed by atoms with Gasteiger partial charge < -0.3 is 35.0 Å². The van der Waals surface area contributed by atoms with Crippen molar-refractivity contribution >= 4 is 11.8 Å². The van der Waals surface area contributed by atoms with Crippen LogP contribution in [-0.2, 0) is 16.2 Å². The van der Waals surface area contributed by atoms with Crippen LogP contribution in [0.2, 0.25) is 0 Å². The van der Waals surface area contributed by atoms with E-state index in [1.807, 2.05) is 4.90 Å². The molecule has 4 aliphatic rings. The van der Waals surface area contributed by atoms with E-state index in [4.69, 9.17) is 9.47 Å². The Morgan fingerprint density at radius 2 is 1.80 bits per heavy atom. The van der Waals surface area contributed by atoms with Crippen molar-refractivity contribution in [2.24, 2.45) is 5.92 Å². The van der Waals surface area contributed by atoms with Crippen LogP contribution in [0.1, 0.15) is 87.7 Å². The monoisotopic (exact) mass is 556 g/mol. The van der Waals surface area contributed by atoms with E-state index < -0.39 is 24.2 Å². The Hall–Kier alpha value is -2.62. The van der Waals surface area contributed by atoms with Crippen molar-refractivity contribution in [1.29, 1.82) is 0 Å². The van der Waals surface area contributed by atoms with Crippen LogP contribution in [0.15, 0.2) is 23.8 Å². The third kappa shape index (κ3) is 5.74. The molecular weight excluding hydrogens is 512 g/mol. The van der Waals surface area contributed by atoms with E-state index >= 15 is 0 Å². The second-order valence-electron chi connectivity index (χ2n) is 11.8. The molecule has 1 aromatic carbocycles. The van der Waals surface area contributed by atoms with Gasteiger partial charge in [0.2, 0.25) is 11.8 Å². The molecule has 0 bridgehead atoms. The van der Waals surface area contributed by atoms with Gasteiger partial charge in [-0.25, -0.2) is 0 Å². The number of amides is 2. The zero-order valence-electron chi connectivity index (χ0n) is 23.5. The molecule has 5 rings (SSSR count). The molecule has 2 amide bonds. The van der Waals surface area contributed by atoms with Gasteiger partial charge in [-0.15, -0.1) is 0 Å². The van der Waals surface area contributed by atoms with Gasteiger partial charge in [-0.2, -0.15) is 0 Å². The first-order valence-electron chi connectivity index (χ1n) is 15.0. The first kappa shape index (κ1) is 28.9. The predicted molar refractivity (Wildman–Crippen MR) is 149 cm³/mol. The number of benzene rings is 1. The first-order valence-corrected chi connectivity index (χ1v) is 15.0. The first-order chi connectivity index (χ1) is 19.5. The van der Waals surface area contributed by atoms with Crippen LogP contribution >= 0.6 is 0 Å². The Balaban J connectivity index is 1.53. The van der Waals surface area contributed by atoms with E-state index in [9.17, 15) is 24.9 Å². The molecule has 9 nitrogen and oxygen atoms in total. The van der Waals surface area contributed by atoms with Crippen molar-refractivity contribution in [3.05, 3.63) is 34.9 Å². The van der Waals surface area contributed by atoms with Gasteiger partial charge in [0.1, 0.15) is 12.2 Å². The molecule has 9 heteroatoms. The van der Waals surface area contributed by atoms with Gasteiger partial charge in [-0.3, -0.25) is 9.59 Å². The molecule has 4 N–H and O–H groups in total. The van der Waals surface area contributed by atoms with Crippen LogP contribution in [0.25, 0.3) is 0 Å². The number of carbonyl (C=O) groups excluding carboxylic acids is 2. The number of methoxy groups -OCH3 is 1. The lowest BCUT2D eigenvalue weighted by Gasteiger charge is -2.45. The molecule has 1 aromatic rings. The molecule has 0 aromatic heterocycles. The summed E-state index contributed by atoms with van der Waals surface area (Å²) in [5.74, 6) is 0.492. The molecule has 2 fully saturated rings. The smallest absolute Gasteiger partial charge is 0.247 e. The molecule has 0 saturated heterocycles. The Kier molecular flexibility index (Phi) is 9.33. The van der Waals surface area contributed by atoms with Gasteiger partial charge in [0, 0.05) is 30.1 Å². The lowest BCUT2D eigenvalue weighted by molar-refractivity contribution is -0.141. The van der Waals surface area contributed by atoms with Crippen LogP contribution in [0.3, 0.4) is 0 Å². The maximum absolute atomic E-state index is 14.0. The number of hydrogen-bond donors (Lipinski definition) is 4. The highest BCUT2D eigenvalue weighted by Gasteiger charge is 2.52. The lowest BCUT2D eigenvalue weighted by Crippen LogP contribution is -2.58. The summed E-state index contributed by atoms with van der Waals surface area (Å²) >= 11 is 0. The average molecular weight is 557 g/mol. The highest BCUT2D eigenvalue weighted by atomic mass is 16.5. The van der Waals surface area contributed by atoms with E-state index in [0.717, 1.165) is 38.5 Å². The number of hydrogen-bond acceptors (Lipinski definition) is 7. The second-order valence-corrected chi connectivity index (χ2v) is 11.8. The van der Waals surface area contributed by atoms with E-state index in [2.05, 4.69) is 5.32 Å². The van der Waals surface area contributed by atoms with Crippen LogP contribution in [0.5, 0.6) is 11.5 Å². The fraction of sp³-hybridized carbons (Fsp3) is 0.677. The number of nitrogens with one attached hydrogen (secondary N) is 1. The molecule has 1 heterocycles. The van der Waals surface area contributed by atoms with Crippen LogP contribution in [0, 0.1) is 5.92 Å². The van der Waals surface area contributed by atoms with E-state index in [0.29, 0.717) is 40.5 Å². The molecule has 4 atom stereocenters. The molecule has 40 heavy (non-hydrogen) atoms. The highest BCUT2D eigenvalue weighted by Crippen LogP contribution is 2.51. The fourth-order valence-electron chi connectivity index (χ4n) is 7.32. The summed E-state index contributed by atoms with van der Waals surface area (Å²) in [6.07, 6.45) is 10.9. The zero-order valence-corrected chi connectivity index (χ0v) is 23.5. The van der Waals surface area contributed by atoms with Crippen molar-refractivity contribution in [3.8, 4) is 11.5 Å². The molecule has 0 spiro atoms. The topological polar surface area (TPSA) is 129 Å². The fourth-order valence-corrected chi connectivity index (χ4v) is 7.32. The Morgan fingerprint density at radius 3 is 2.48 bits per heavy atom. The van der Waals surface area contributed by atoms with Crippen molar-refractivity contribution in [2.45, 2.75) is 107 Å². The lowest BCUT2D eigenvalue weighted by atomic mass is 9.76. The molecule has 220 valence electrons. The molecule has 2 saturated carbocycles. The van der Waals surface area contributed by atoms with Gasteiger partial charge in [0.05, 0.1) is 32.3 Å². The van der Waals surface area contributed by atoms with Crippen molar-refractivity contribution in [3.63, 3.8) is 0 Å². The Labute approximate surface area is 236 Å². The Bertz CT molecular complexity index is 1090. The molecule has 4 unspecified atom stereocenters. The summed E-state index contributed by atoms with van der Waals surface area (Å²) in [6, 6.07) is 2.76. The summed E-state index contributed by atoms with van der Waals surface area (Å²) in [7, 11) is 1.51. The number of aliphatic hydroxyl groups excluding tert-OH is 3. The second kappa shape index (κ2) is 12.9. The average Bonchev–Trinajstić information content (AvgIpc) is 3.64. The number of rotatable bonds is 10. The molecular formula is C31H44N2O7. The summed E-state index contributed by atoms with van der Waals surface area (Å²) in [6.45, 7) is -0.337. The summed E-state index contributed by atoms with van der Waals surface area (Å²) in [4.78, 5) is 29.3. The van der Waals surface area contributed by atoms with Gasteiger partial charge in [-0.05, 0) is 49.0 Å². The number of nitrogens with zero attached hydrogens (tertiary/aromatic N) is 1. The zero-order chi connectivity index (χ0) is 28.2. The number of fused-ring (bicyclic) bond motifs is 3. The largest absolute Gasteiger partial charge is 0.493 e. The van der Waals surface area contributed by atoms with Crippen LogP contribution < -0.4 is 14.8 Å². The van der Waals surface area contributed by atoms with Crippen LogP contribution in [-0.4, -0.2) is 76.6 Å². The summed E-state index contributed by atoms with van der Waals surface area (Å²) in [5.41, 5.74) is 1.67. The highest BCUT2D eigenvalue weighted by molar-refractivity contribution is 5.96. The molecule has 3 aliphatic carbocycles. The normalized spacial score (nSPS) is 26.4. The van der Waals surface area contributed by atoms with Crippen molar-refractivity contribution in [2.75, 3.05) is 20.3 Å². The molecule has 0 radical (unpaired) electrons. The SMILES string of the molecule is COc1cc(CO)cc2c1OC1C2C(C(=O)NCCO)=CC(N(C(=O)CCC2CCCC2)C2CCCCC2)C1O.